The summed E-state index contributed by atoms with van der Waals surface area (Å²) in [5.74, 6) is 0. The Kier molecular flexibility index (Phi) is 2.61. The van der Waals surface area contributed by atoms with Crippen molar-refractivity contribution in [3.8, 4) is 0 Å². The normalized spacial score (nSPS) is 42.6. The summed E-state index contributed by atoms with van der Waals surface area (Å²) in [4.78, 5) is 0. The van der Waals surface area contributed by atoms with E-state index in [0.29, 0.717) is 11.5 Å². The second-order valence-corrected chi connectivity index (χ2v) is 5.94. The van der Waals surface area contributed by atoms with Crippen LogP contribution < -0.4 is 5.32 Å². The summed E-state index contributed by atoms with van der Waals surface area (Å²) < 4.78 is 6.19. The van der Waals surface area contributed by atoms with E-state index in [1.54, 1.807) is 0 Å². The number of morpholine rings is 1. The lowest BCUT2D eigenvalue weighted by molar-refractivity contribution is -0.146. The van der Waals surface area contributed by atoms with Crippen LogP contribution in [0.25, 0.3) is 0 Å². The molecule has 1 aliphatic heterocycles. The monoisotopic (exact) mass is 197 g/mol. The van der Waals surface area contributed by atoms with Crippen LogP contribution in [0.4, 0.5) is 0 Å². The first-order valence-corrected chi connectivity index (χ1v) is 5.90. The van der Waals surface area contributed by atoms with Crippen molar-refractivity contribution in [2.45, 2.75) is 58.2 Å². The molecule has 0 aromatic rings. The van der Waals surface area contributed by atoms with E-state index in [1.165, 1.54) is 25.7 Å². The van der Waals surface area contributed by atoms with Gasteiger partial charge in [-0.05, 0) is 38.0 Å². The van der Waals surface area contributed by atoms with Gasteiger partial charge in [-0.1, -0.05) is 13.8 Å². The van der Waals surface area contributed by atoms with Gasteiger partial charge in [-0.25, -0.2) is 0 Å². The molecule has 1 saturated carbocycles. The smallest absolute Gasteiger partial charge is 0.0815 e. The zero-order chi connectivity index (χ0) is 10.2. The minimum absolute atomic E-state index is 0.152. The predicted octanol–water partition coefficient (Wildman–Crippen LogP) is 2.33. The van der Waals surface area contributed by atoms with Crippen LogP contribution in [0.15, 0.2) is 0 Å². The van der Waals surface area contributed by atoms with Crippen molar-refractivity contribution in [3.05, 3.63) is 0 Å². The van der Waals surface area contributed by atoms with Crippen LogP contribution >= 0.6 is 0 Å². The van der Waals surface area contributed by atoms with Crippen LogP contribution in [0.2, 0.25) is 0 Å². The molecule has 2 rings (SSSR count). The highest BCUT2D eigenvalue weighted by Gasteiger charge is 2.43. The van der Waals surface area contributed by atoms with E-state index in [2.05, 4.69) is 26.1 Å². The molecule has 0 bridgehead atoms. The minimum atomic E-state index is 0.152. The molecule has 2 fully saturated rings. The lowest BCUT2D eigenvalue weighted by Crippen LogP contribution is -2.56. The SMILES string of the molecule is CC1CNCC2(CCCC(C)(C)C2)O1. The predicted molar refractivity (Wildman–Crippen MR) is 58.4 cm³/mol. The van der Waals surface area contributed by atoms with Crippen molar-refractivity contribution in [1.82, 2.24) is 5.32 Å². The number of nitrogens with one attached hydrogen (secondary N) is 1. The highest BCUT2D eigenvalue weighted by molar-refractivity contribution is 4.96. The second-order valence-electron chi connectivity index (χ2n) is 5.94. The van der Waals surface area contributed by atoms with Gasteiger partial charge in [-0.3, -0.25) is 0 Å². The highest BCUT2D eigenvalue weighted by atomic mass is 16.5. The fraction of sp³-hybridized carbons (Fsp3) is 1.00. The first-order valence-electron chi connectivity index (χ1n) is 5.90. The van der Waals surface area contributed by atoms with Crippen molar-refractivity contribution in [2.75, 3.05) is 13.1 Å². The first kappa shape index (κ1) is 10.4. The fourth-order valence-corrected chi connectivity index (χ4v) is 3.20. The van der Waals surface area contributed by atoms with Crippen LogP contribution in [0.3, 0.4) is 0 Å². The van der Waals surface area contributed by atoms with Crippen molar-refractivity contribution in [2.24, 2.45) is 5.41 Å². The Balaban J connectivity index is 2.06. The molecule has 1 saturated heterocycles. The molecule has 14 heavy (non-hydrogen) atoms. The average molecular weight is 197 g/mol. The second kappa shape index (κ2) is 3.49. The zero-order valence-corrected chi connectivity index (χ0v) is 9.73. The minimum Gasteiger partial charge on any atom is -0.369 e. The molecular formula is C12H23NO. The topological polar surface area (TPSA) is 21.3 Å². The van der Waals surface area contributed by atoms with Crippen molar-refractivity contribution >= 4 is 0 Å². The molecular weight excluding hydrogens is 174 g/mol. The molecule has 0 aromatic carbocycles. The molecule has 1 heterocycles. The summed E-state index contributed by atoms with van der Waals surface area (Å²) in [6.07, 6.45) is 5.52. The summed E-state index contributed by atoms with van der Waals surface area (Å²) in [5, 5.41) is 3.51. The van der Waals surface area contributed by atoms with E-state index in [1.807, 2.05) is 0 Å². The number of hydrogen-bond acceptors (Lipinski definition) is 2. The number of rotatable bonds is 0. The lowest BCUT2D eigenvalue weighted by atomic mass is 9.69. The standard InChI is InChI=1S/C12H23NO/c1-10-7-13-9-12(14-10)6-4-5-11(2,3)8-12/h10,13H,4-9H2,1-3H3. The van der Waals surface area contributed by atoms with E-state index in [9.17, 15) is 0 Å². The van der Waals surface area contributed by atoms with Gasteiger partial charge in [0.2, 0.25) is 0 Å². The molecule has 2 nitrogen and oxygen atoms in total. The van der Waals surface area contributed by atoms with E-state index in [0.717, 1.165) is 13.1 Å². The number of hydrogen-bond donors (Lipinski definition) is 1. The zero-order valence-electron chi connectivity index (χ0n) is 9.73. The molecule has 2 unspecified atom stereocenters. The molecule has 82 valence electrons. The highest BCUT2D eigenvalue weighted by Crippen LogP contribution is 2.43. The molecule has 1 aliphatic carbocycles. The molecule has 2 aliphatic rings. The van der Waals surface area contributed by atoms with Gasteiger partial charge in [0.1, 0.15) is 0 Å². The van der Waals surface area contributed by atoms with Gasteiger partial charge >= 0.3 is 0 Å². The maximum Gasteiger partial charge on any atom is 0.0815 e. The van der Waals surface area contributed by atoms with Gasteiger partial charge in [0, 0.05) is 13.1 Å². The first-order chi connectivity index (χ1) is 6.52. The summed E-state index contributed by atoms with van der Waals surface area (Å²) in [6.45, 7) is 8.99. The Hall–Kier alpha value is -0.0800. The molecule has 0 aromatic heterocycles. The van der Waals surface area contributed by atoms with Crippen LogP contribution in [-0.4, -0.2) is 24.8 Å². The van der Waals surface area contributed by atoms with E-state index >= 15 is 0 Å². The van der Waals surface area contributed by atoms with Crippen LogP contribution in [0.1, 0.15) is 46.5 Å². The average Bonchev–Trinajstić information content (AvgIpc) is 2.00. The fourth-order valence-electron chi connectivity index (χ4n) is 3.20. The van der Waals surface area contributed by atoms with Crippen LogP contribution in [0.5, 0.6) is 0 Å². The van der Waals surface area contributed by atoms with Gasteiger partial charge in [-0.2, -0.15) is 0 Å². The molecule has 1 N–H and O–H groups in total. The lowest BCUT2D eigenvalue weighted by Gasteiger charge is -2.48. The van der Waals surface area contributed by atoms with Crippen molar-refractivity contribution < 1.29 is 4.74 Å². The maximum atomic E-state index is 6.19. The Labute approximate surface area is 87.4 Å². The van der Waals surface area contributed by atoms with Crippen LogP contribution in [-0.2, 0) is 4.74 Å². The molecule has 1 spiro atoms. The summed E-state index contributed by atoms with van der Waals surface area (Å²) >= 11 is 0. The third-order valence-corrected chi connectivity index (χ3v) is 3.62. The quantitative estimate of drug-likeness (QED) is 0.643. The van der Waals surface area contributed by atoms with Gasteiger partial charge in [-0.15, -0.1) is 0 Å². The Morgan fingerprint density at radius 2 is 2.07 bits per heavy atom. The molecule has 2 heteroatoms. The molecule has 0 radical (unpaired) electrons. The van der Waals surface area contributed by atoms with E-state index < -0.39 is 0 Å². The largest absolute Gasteiger partial charge is 0.369 e. The third-order valence-electron chi connectivity index (χ3n) is 3.62. The number of ether oxygens (including phenoxy) is 1. The summed E-state index contributed by atoms with van der Waals surface area (Å²) in [6, 6.07) is 0. The Bertz CT molecular complexity index is 210. The van der Waals surface area contributed by atoms with Gasteiger partial charge in [0.25, 0.3) is 0 Å². The Morgan fingerprint density at radius 1 is 1.29 bits per heavy atom. The Morgan fingerprint density at radius 3 is 2.71 bits per heavy atom. The van der Waals surface area contributed by atoms with Gasteiger partial charge < -0.3 is 10.1 Å². The van der Waals surface area contributed by atoms with Gasteiger partial charge in [0.15, 0.2) is 0 Å². The third kappa shape index (κ3) is 2.12. The van der Waals surface area contributed by atoms with E-state index in [4.69, 9.17) is 4.74 Å². The molecule has 0 amide bonds. The van der Waals surface area contributed by atoms with Crippen molar-refractivity contribution in [1.29, 1.82) is 0 Å². The van der Waals surface area contributed by atoms with E-state index in [-0.39, 0.29) is 5.60 Å². The summed E-state index contributed by atoms with van der Waals surface area (Å²) in [5.41, 5.74) is 0.621. The molecule has 2 atom stereocenters. The van der Waals surface area contributed by atoms with Crippen molar-refractivity contribution in [3.63, 3.8) is 0 Å². The van der Waals surface area contributed by atoms with Gasteiger partial charge in [0.05, 0.1) is 11.7 Å². The maximum absolute atomic E-state index is 6.19. The van der Waals surface area contributed by atoms with Crippen LogP contribution in [0, 0.1) is 5.41 Å². The summed E-state index contributed by atoms with van der Waals surface area (Å²) in [7, 11) is 0.